The highest BCUT2D eigenvalue weighted by Gasteiger charge is 2.24. The summed E-state index contributed by atoms with van der Waals surface area (Å²) in [6, 6.07) is 6.06. The van der Waals surface area contributed by atoms with Gasteiger partial charge >= 0.3 is 0 Å². The average molecular weight is 404 g/mol. The molecular weight excluding hydrogens is 385 g/mol. The number of pyridine rings is 1. The molecule has 0 radical (unpaired) electrons. The molecule has 0 amide bonds. The summed E-state index contributed by atoms with van der Waals surface area (Å²) in [5, 5.41) is 4.37. The van der Waals surface area contributed by atoms with E-state index in [4.69, 9.17) is 21.1 Å². The lowest BCUT2D eigenvalue weighted by Gasteiger charge is -2.35. The maximum atomic E-state index is 13.0. The Morgan fingerprint density at radius 2 is 2.07 bits per heavy atom. The van der Waals surface area contributed by atoms with Gasteiger partial charge in [-0.3, -0.25) is 4.98 Å². The molecule has 3 heterocycles. The van der Waals surface area contributed by atoms with E-state index in [0.29, 0.717) is 36.0 Å². The van der Waals surface area contributed by atoms with Gasteiger partial charge in [-0.05, 0) is 35.9 Å². The van der Waals surface area contributed by atoms with Crippen LogP contribution in [0.5, 0.6) is 11.5 Å². The number of piperazine rings is 1. The molecule has 0 aliphatic carbocycles. The normalized spacial score (nSPS) is 17.0. The van der Waals surface area contributed by atoms with Gasteiger partial charge in [0.2, 0.25) is 5.28 Å². The zero-order valence-corrected chi connectivity index (χ0v) is 16.0. The molecule has 9 heteroatoms. The predicted molar refractivity (Wildman–Crippen MR) is 105 cm³/mol. The van der Waals surface area contributed by atoms with Crippen molar-refractivity contribution in [1.29, 1.82) is 0 Å². The van der Waals surface area contributed by atoms with E-state index < -0.39 is 0 Å². The van der Waals surface area contributed by atoms with Gasteiger partial charge in [0.1, 0.15) is 29.7 Å². The molecule has 0 saturated carbocycles. The Hall–Kier alpha value is -2.71. The molecule has 0 bridgehead atoms. The van der Waals surface area contributed by atoms with Crippen LogP contribution in [0.3, 0.4) is 0 Å². The summed E-state index contributed by atoms with van der Waals surface area (Å²) in [6.45, 7) is 2.61. The van der Waals surface area contributed by atoms with E-state index in [1.54, 1.807) is 31.6 Å². The molecule has 0 spiro atoms. The van der Waals surface area contributed by atoms with Crippen molar-refractivity contribution in [2.24, 2.45) is 0 Å². The Morgan fingerprint density at radius 1 is 1.25 bits per heavy atom. The molecule has 28 heavy (non-hydrogen) atoms. The number of hydrogen-bond donors (Lipinski definition) is 1. The van der Waals surface area contributed by atoms with E-state index >= 15 is 0 Å². The van der Waals surface area contributed by atoms with Gasteiger partial charge in [0.15, 0.2) is 0 Å². The molecule has 1 aromatic carbocycles. The second-order valence-electron chi connectivity index (χ2n) is 6.41. The van der Waals surface area contributed by atoms with Crippen LogP contribution in [-0.4, -0.2) is 54.3 Å². The molecule has 1 aliphatic heterocycles. The van der Waals surface area contributed by atoms with Crippen LogP contribution in [0.4, 0.5) is 10.2 Å². The molecule has 1 aliphatic rings. The largest absolute Gasteiger partial charge is 0.494 e. The molecular formula is C19H19ClFN5O2. The molecule has 4 rings (SSSR count). The number of methoxy groups -OCH3 is 1. The molecule has 1 N–H and O–H groups in total. The SMILES string of the molecule is COc1cncc2nc(Cl)nc(N3CCN[C@@H](COc4ccc(F)cc4)C3)c12. The highest BCUT2D eigenvalue weighted by molar-refractivity contribution is 6.29. The fourth-order valence-corrected chi connectivity index (χ4v) is 3.42. The van der Waals surface area contributed by atoms with Crippen molar-refractivity contribution in [2.75, 3.05) is 38.3 Å². The monoisotopic (exact) mass is 403 g/mol. The zero-order chi connectivity index (χ0) is 19.5. The van der Waals surface area contributed by atoms with Gasteiger partial charge in [0.05, 0.1) is 36.4 Å². The lowest BCUT2D eigenvalue weighted by molar-refractivity contribution is 0.255. The molecule has 1 fully saturated rings. The molecule has 0 unspecified atom stereocenters. The number of hydrogen-bond acceptors (Lipinski definition) is 7. The lowest BCUT2D eigenvalue weighted by atomic mass is 10.2. The Bertz CT molecular complexity index is 972. The van der Waals surface area contributed by atoms with E-state index in [0.717, 1.165) is 18.5 Å². The number of fused-ring (bicyclic) bond motifs is 1. The third-order valence-corrected chi connectivity index (χ3v) is 4.73. The first-order chi connectivity index (χ1) is 13.6. The summed E-state index contributed by atoms with van der Waals surface area (Å²) in [4.78, 5) is 15.0. The Morgan fingerprint density at radius 3 is 2.86 bits per heavy atom. The van der Waals surface area contributed by atoms with Crippen LogP contribution in [0.15, 0.2) is 36.7 Å². The Labute approximate surface area is 166 Å². The van der Waals surface area contributed by atoms with Crippen LogP contribution in [0.25, 0.3) is 10.9 Å². The number of nitrogens with zero attached hydrogens (tertiary/aromatic N) is 4. The predicted octanol–water partition coefficient (Wildman–Crippen LogP) is 2.68. The van der Waals surface area contributed by atoms with Gasteiger partial charge in [-0.1, -0.05) is 0 Å². The van der Waals surface area contributed by atoms with Crippen LogP contribution in [0.2, 0.25) is 5.28 Å². The molecule has 7 nitrogen and oxygen atoms in total. The van der Waals surface area contributed by atoms with E-state index in [-0.39, 0.29) is 17.1 Å². The van der Waals surface area contributed by atoms with Crippen LogP contribution in [-0.2, 0) is 0 Å². The Balaban J connectivity index is 1.55. The minimum absolute atomic E-state index is 0.0652. The van der Waals surface area contributed by atoms with Gasteiger partial charge < -0.3 is 19.7 Å². The average Bonchev–Trinajstić information content (AvgIpc) is 2.72. The summed E-state index contributed by atoms with van der Waals surface area (Å²) in [5.41, 5.74) is 0.631. The third kappa shape index (κ3) is 3.93. The minimum atomic E-state index is -0.287. The highest BCUT2D eigenvalue weighted by atomic mass is 35.5. The maximum absolute atomic E-state index is 13.0. The highest BCUT2D eigenvalue weighted by Crippen LogP contribution is 2.32. The number of ether oxygens (including phenoxy) is 2. The standard InChI is InChI=1S/C19H19ClFN5O2/c1-27-16-9-22-8-15-17(16)18(25-19(20)24-15)26-7-6-23-13(10-26)11-28-14-4-2-12(21)3-5-14/h2-5,8-9,13,23H,6-7,10-11H2,1H3/t13-/m1/s1. The number of rotatable bonds is 5. The fraction of sp³-hybridized carbons (Fsp3) is 0.316. The first-order valence-electron chi connectivity index (χ1n) is 8.86. The molecule has 3 aromatic rings. The van der Waals surface area contributed by atoms with Crippen molar-refractivity contribution in [2.45, 2.75) is 6.04 Å². The zero-order valence-electron chi connectivity index (χ0n) is 15.2. The number of anilines is 1. The van der Waals surface area contributed by atoms with Crippen molar-refractivity contribution in [3.05, 3.63) is 47.8 Å². The summed E-state index contributed by atoms with van der Waals surface area (Å²) in [6.07, 6.45) is 3.28. The van der Waals surface area contributed by atoms with E-state index in [9.17, 15) is 4.39 Å². The second kappa shape index (κ2) is 8.12. The number of halogens is 2. The van der Waals surface area contributed by atoms with Gasteiger partial charge in [-0.2, -0.15) is 4.98 Å². The summed E-state index contributed by atoms with van der Waals surface area (Å²) in [5.74, 6) is 1.65. The molecule has 1 saturated heterocycles. The van der Waals surface area contributed by atoms with E-state index in [2.05, 4.69) is 25.2 Å². The number of nitrogens with one attached hydrogen (secondary N) is 1. The quantitative estimate of drug-likeness (QED) is 0.656. The third-order valence-electron chi connectivity index (χ3n) is 4.57. The first kappa shape index (κ1) is 18.6. The van der Waals surface area contributed by atoms with Gasteiger partial charge in [0, 0.05) is 19.6 Å². The van der Waals surface area contributed by atoms with E-state index in [1.807, 2.05) is 0 Å². The topological polar surface area (TPSA) is 72.4 Å². The second-order valence-corrected chi connectivity index (χ2v) is 6.75. The smallest absolute Gasteiger partial charge is 0.224 e. The van der Waals surface area contributed by atoms with Gasteiger partial charge in [0.25, 0.3) is 0 Å². The molecule has 146 valence electrons. The van der Waals surface area contributed by atoms with Crippen LogP contribution in [0, 0.1) is 5.82 Å². The van der Waals surface area contributed by atoms with Gasteiger partial charge in [-0.15, -0.1) is 0 Å². The molecule has 2 aromatic heterocycles. The van der Waals surface area contributed by atoms with Crippen molar-refractivity contribution in [3.8, 4) is 11.5 Å². The summed E-state index contributed by atoms with van der Waals surface area (Å²) in [7, 11) is 1.59. The van der Waals surface area contributed by atoms with Crippen LogP contribution in [0.1, 0.15) is 0 Å². The van der Waals surface area contributed by atoms with Crippen molar-refractivity contribution in [3.63, 3.8) is 0 Å². The van der Waals surface area contributed by atoms with Crippen molar-refractivity contribution >= 4 is 28.3 Å². The lowest BCUT2D eigenvalue weighted by Crippen LogP contribution is -2.53. The Kier molecular flexibility index (Phi) is 5.40. The fourth-order valence-electron chi connectivity index (χ4n) is 3.25. The summed E-state index contributed by atoms with van der Waals surface area (Å²) >= 11 is 6.14. The van der Waals surface area contributed by atoms with Crippen LogP contribution < -0.4 is 19.7 Å². The van der Waals surface area contributed by atoms with Crippen LogP contribution >= 0.6 is 11.6 Å². The number of benzene rings is 1. The first-order valence-corrected chi connectivity index (χ1v) is 9.24. The van der Waals surface area contributed by atoms with Gasteiger partial charge in [-0.25, -0.2) is 9.37 Å². The van der Waals surface area contributed by atoms with E-state index in [1.165, 1.54) is 12.1 Å². The maximum Gasteiger partial charge on any atom is 0.224 e. The minimum Gasteiger partial charge on any atom is -0.494 e. The molecule has 1 atom stereocenters. The van der Waals surface area contributed by atoms with Crippen molar-refractivity contribution < 1.29 is 13.9 Å². The summed E-state index contributed by atoms with van der Waals surface area (Å²) < 4.78 is 24.3. The van der Waals surface area contributed by atoms with Crippen molar-refractivity contribution in [1.82, 2.24) is 20.3 Å². The number of aromatic nitrogens is 3.